The van der Waals surface area contributed by atoms with Crippen molar-refractivity contribution in [1.82, 2.24) is 20.4 Å². The number of aromatic amines is 1. The predicted molar refractivity (Wildman–Crippen MR) is 50.9 cm³/mol. The Kier molecular flexibility index (Phi) is 2.30. The lowest BCUT2D eigenvalue weighted by atomic mass is 10.1. The molecular weight excluding hydrogens is 198 g/mol. The van der Waals surface area contributed by atoms with Crippen LogP contribution in [0.25, 0.3) is 11.2 Å². The summed E-state index contributed by atoms with van der Waals surface area (Å²) in [6.45, 7) is 0. The molecule has 0 amide bonds. The van der Waals surface area contributed by atoms with Crippen molar-refractivity contribution < 1.29 is 9.90 Å². The standard InChI is InChI=1S/C8H9N5O2/c9-5(2-7(14)15)4-1-6-8(10-3-4)12-13-11-6/h1,3,5H,2,9H2,(H,14,15)(H,10,11,12,13). The summed E-state index contributed by atoms with van der Waals surface area (Å²) in [6, 6.07) is 1.11. The molecule has 0 spiro atoms. The summed E-state index contributed by atoms with van der Waals surface area (Å²) in [6.07, 6.45) is 1.38. The summed E-state index contributed by atoms with van der Waals surface area (Å²) in [5.41, 5.74) is 7.38. The maximum absolute atomic E-state index is 10.5. The molecule has 2 heterocycles. The van der Waals surface area contributed by atoms with Gasteiger partial charge in [0.15, 0.2) is 0 Å². The third-order valence-electron chi connectivity index (χ3n) is 2.02. The van der Waals surface area contributed by atoms with Gasteiger partial charge in [0.25, 0.3) is 0 Å². The largest absolute Gasteiger partial charge is 0.481 e. The first-order valence-electron chi connectivity index (χ1n) is 4.30. The number of H-pyrrole nitrogens is 1. The van der Waals surface area contributed by atoms with Gasteiger partial charge in [0.2, 0.25) is 5.65 Å². The van der Waals surface area contributed by atoms with E-state index in [1.807, 2.05) is 0 Å². The number of nitrogens with one attached hydrogen (secondary N) is 1. The van der Waals surface area contributed by atoms with Crippen molar-refractivity contribution >= 4 is 17.1 Å². The van der Waals surface area contributed by atoms with Crippen molar-refractivity contribution in [2.45, 2.75) is 12.5 Å². The first-order valence-corrected chi connectivity index (χ1v) is 4.30. The summed E-state index contributed by atoms with van der Waals surface area (Å²) in [7, 11) is 0. The second-order valence-corrected chi connectivity index (χ2v) is 3.14. The van der Waals surface area contributed by atoms with Crippen molar-refractivity contribution in [2.75, 3.05) is 0 Å². The molecule has 78 valence electrons. The van der Waals surface area contributed by atoms with E-state index in [0.717, 1.165) is 0 Å². The van der Waals surface area contributed by atoms with Crippen LogP contribution in [0.4, 0.5) is 0 Å². The van der Waals surface area contributed by atoms with Gasteiger partial charge in [-0.3, -0.25) is 4.79 Å². The number of rotatable bonds is 3. The third kappa shape index (κ3) is 1.91. The summed E-state index contributed by atoms with van der Waals surface area (Å²) < 4.78 is 0. The SMILES string of the molecule is NC(CC(=O)O)c1cnc2n[nH]nc2c1. The fourth-order valence-corrected chi connectivity index (χ4v) is 1.26. The molecule has 1 atom stereocenters. The van der Waals surface area contributed by atoms with Crippen LogP contribution in [-0.4, -0.2) is 31.5 Å². The van der Waals surface area contributed by atoms with E-state index >= 15 is 0 Å². The Morgan fingerprint density at radius 3 is 3.13 bits per heavy atom. The quantitative estimate of drug-likeness (QED) is 0.642. The molecule has 2 aromatic rings. The first-order chi connectivity index (χ1) is 7.16. The number of nitrogens with two attached hydrogens (primary N) is 1. The van der Waals surface area contributed by atoms with E-state index in [1.54, 1.807) is 6.07 Å². The van der Waals surface area contributed by atoms with Gasteiger partial charge in [0, 0.05) is 12.2 Å². The van der Waals surface area contributed by atoms with Gasteiger partial charge in [-0.15, -0.1) is 5.10 Å². The van der Waals surface area contributed by atoms with Crippen molar-refractivity contribution in [3.8, 4) is 0 Å². The van der Waals surface area contributed by atoms with Crippen LogP contribution >= 0.6 is 0 Å². The molecule has 7 heteroatoms. The van der Waals surface area contributed by atoms with Crippen LogP contribution in [0.3, 0.4) is 0 Å². The highest BCUT2D eigenvalue weighted by atomic mass is 16.4. The van der Waals surface area contributed by atoms with Gasteiger partial charge in [-0.25, -0.2) is 4.98 Å². The molecule has 4 N–H and O–H groups in total. The van der Waals surface area contributed by atoms with E-state index < -0.39 is 12.0 Å². The zero-order chi connectivity index (χ0) is 10.8. The summed E-state index contributed by atoms with van der Waals surface area (Å²) >= 11 is 0. The molecule has 0 saturated carbocycles. The van der Waals surface area contributed by atoms with Gasteiger partial charge in [0.1, 0.15) is 5.52 Å². The second-order valence-electron chi connectivity index (χ2n) is 3.14. The van der Waals surface area contributed by atoms with Crippen LogP contribution in [0.15, 0.2) is 12.3 Å². The molecule has 0 radical (unpaired) electrons. The minimum Gasteiger partial charge on any atom is -0.481 e. The third-order valence-corrected chi connectivity index (χ3v) is 2.02. The highest BCUT2D eigenvalue weighted by Gasteiger charge is 2.12. The Bertz CT molecular complexity index is 494. The van der Waals surface area contributed by atoms with Crippen LogP contribution in [-0.2, 0) is 4.79 Å². The number of carbonyl (C=O) groups is 1. The maximum Gasteiger partial charge on any atom is 0.305 e. The summed E-state index contributed by atoms with van der Waals surface area (Å²) in [5.74, 6) is -0.942. The molecule has 0 saturated heterocycles. The molecule has 0 aliphatic carbocycles. The molecule has 0 aliphatic rings. The van der Waals surface area contributed by atoms with Crippen LogP contribution in [0.2, 0.25) is 0 Å². The monoisotopic (exact) mass is 207 g/mol. The number of carboxylic acid groups (broad SMARTS) is 1. The average molecular weight is 207 g/mol. The number of hydrogen-bond acceptors (Lipinski definition) is 5. The molecule has 7 nitrogen and oxygen atoms in total. The van der Waals surface area contributed by atoms with Gasteiger partial charge in [0.05, 0.1) is 6.42 Å². The second kappa shape index (κ2) is 3.62. The predicted octanol–water partition coefficient (Wildman–Crippen LogP) is -0.173. The highest BCUT2D eigenvalue weighted by molar-refractivity contribution is 5.71. The molecular formula is C8H9N5O2. The van der Waals surface area contributed by atoms with E-state index in [4.69, 9.17) is 10.8 Å². The Balaban J connectivity index is 2.30. The molecule has 1 unspecified atom stereocenters. The van der Waals surface area contributed by atoms with Gasteiger partial charge < -0.3 is 10.8 Å². The molecule has 0 aliphatic heterocycles. The minimum atomic E-state index is -0.942. The Hall–Kier alpha value is -2.02. The fraction of sp³-hybridized carbons (Fsp3) is 0.250. The number of aliphatic carboxylic acids is 1. The normalized spacial score (nSPS) is 12.9. The highest BCUT2D eigenvalue weighted by Crippen LogP contribution is 2.15. The number of aromatic nitrogens is 4. The molecule has 0 bridgehead atoms. The number of nitrogens with zero attached hydrogens (tertiary/aromatic N) is 3. The van der Waals surface area contributed by atoms with E-state index in [0.29, 0.717) is 16.7 Å². The lowest BCUT2D eigenvalue weighted by Crippen LogP contribution is -2.15. The van der Waals surface area contributed by atoms with Crippen molar-refractivity contribution in [1.29, 1.82) is 0 Å². The van der Waals surface area contributed by atoms with Crippen LogP contribution in [0.1, 0.15) is 18.0 Å². The van der Waals surface area contributed by atoms with Gasteiger partial charge in [-0.2, -0.15) is 10.3 Å². The smallest absolute Gasteiger partial charge is 0.305 e. The number of pyridine rings is 1. The first kappa shape index (κ1) is 9.53. The molecule has 0 aromatic carbocycles. The van der Waals surface area contributed by atoms with Crippen LogP contribution < -0.4 is 5.73 Å². The summed E-state index contributed by atoms with van der Waals surface area (Å²) in [4.78, 5) is 14.5. The fourth-order valence-electron chi connectivity index (χ4n) is 1.26. The maximum atomic E-state index is 10.5. The number of carboxylic acids is 1. The number of hydrogen-bond donors (Lipinski definition) is 3. The topological polar surface area (TPSA) is 118 Å². The summed E-state index contributed by atoms with van der Waals surface area (Å²) in [5, 5.41) is 18.6. The van der Waals surface area contributed by atoms with Gasteiger partial charge in [-0.1, -0.05) is 0 Å². The van der Waals surface area contributed by atoms with E-state index in [1.165, 1.54) is 6.20 Å². The number of fused-ring (bicyclic) bond motifs is 1. The lowest BCUT2D eigenvalue weighted by Gasteiger charge is -2.07. The van der Waals surface area contributed by atoms with Crippen LogP contribution in [0, 0.1) is 0 Å². The van der Waals surface area contributed by atoms with E-state index in [2.05, 4.69) is 20.4 Å². The Labute approximate surface area is 84.3 Å². The zero-order valence-electron chi connectivity index (χ0n) is 7.71. The van der Waals surface area contributed by atoms with Crippen molar-refractivity contribution in [3.63, 3.8) is 0 Å². The van der Waals surface area contributed by atoms with Gasteiger partial charge in [-0.05, 0) is 11.6 Å². The molecule has 2 rings (SSSR count). The molecule has 0 fully saturated rings. The van der Waals surface area contributed by atoms with E-state index in [9.17, 15) is 4.79 Å². The van der Waals surface area contributed by atoms with Crippen molar-refractivity contribution in [2.24, 2.45) is 5.73 Å². The van der Waals surface area contributed by atoms with Gasteiger partial charge >= 0.3 is 5.97 Å². The van der Waals surface area contributed by atoms with Crippen molar-refractivity contribution in [3.05, 3.63) is 17.8 Å². The zero-order valence-corrected chi connectivity index (χ0v) is 7.71. The van der Waals surface area contributed by atoms with E-state index in [-0.39, 0.29) is 6.42 Å². The molecule has 2 aromatic heterocycles. The minimum absolute atomic E-state index is 0.134. The molecule has 15 heavy (non-hydrogen) atoms. The lowest BCUT2D eigenvalue weighted by molar-refractivity contribution is -0.137. The average Bonchev–Trinajstić information content (AvgIpc) is 2.62. The van der Waals surface area contributed by atoms with Crippen LogP contribution in [0.5, 0.6) is 0 Å². The Morgan fingerprint density at radius 1 is 1.60 bits per heavy atom. The Morgan fingerprint density at radius 2 is 2.40 bits per heavy atom.